The Balaban J connectivity index is 1.54. The number of amides is 1. The zero-order valence-electron chi connectivity index (χ0n) is 15.5. The van der Waals surface area contributed by atoms with Crippen LogP contribution in [0.4, 0.5) is 0 Å². The van der Waals surface area contributed by atoms with Crippen molar-refractivity contribution in [3.63, 3.8) is 0 Å². The van der Waals surface area contributed by atoms with Gasteiger partial charge in [-0.25, -0.2) is 4.98 Å². The summed E-state index contributed by atoms with van der Waals surface area (Å²) in [6.07, 6.45) is 10.7. The minimum Gasteiger partial charge on any atom is -0.465 e. The number of benzene rings is 1. The van der Waals surface area contributed by atoms with Crippen LogP contribution in [0.2, 0.25) is 0 Å². The summed E-state index contributed by atoms with van der Waals surface area (Å²) in [5, 5.41) is 0. The van der Waals surface area contributed by atoms with Gasteiger partial charge in [0.25, 0.3) is 0 Å². The summed E-state index contributed by atoms with van der Waals surface area (Å²) in [5.74, 6) is 1.88. The lowest BCUT2D eigenvalue weighted by Crippen LogP contribution is -2.32. The SMILES string of the molecule is O=C(CCn1c(/C=C/c2ccco2)nc2ccccc21)N1CCCCCC1. The molecule has 2 aromatic heterocycles. The highest BCUT2D eigenvalue weighted by Gasteiger charge is 2.16. The molecule has 0 unspecified atom stereocenters. The average molecular weight is 363 g/mol. The number of aryl methyl sites for hydroxylation is 1. The van der Waals surface area contributed by atoms with Crippen molar-refractivity contribution in [1.82, 2.24) is 14.5 Å². The lowest BCUT2D eigenvalue weighted by Gasteiger charge is -2.20. The number of hydrogen-bond donors (Lipinski definition) is 0. The van der Waals surface area contributed by atoms with E-state index in [4.69, 9.17) is 9.40 Å². The highest BCUT2D eigenvalue weighted by molar-refractivity contribution is 5.80. The van der Waals surface area contributed by atoms with Crippen molar-refractivity contribution in [2.75, 3.05) is 13.1 Å². The molecule has 1 amide bonds. The van der Waals surface area contributed by atoms with Crippen LogP contribution in [0.3, 0.4) is 0 Å². The Morgan fingerprint density at radius 3 is 2.63 bits per heavy atom. The van der Waals surface area contributed by atoms with Crippen LogP contribution in [0.25, 0.3) is 23.2 Å². The molecule has 0 bridgehead atoms. The molecule has 3 aromatic rings. The lowest BCUT2D eigenvalue weighted by atomic mass is 10.2. The minimum absolute atomic E-state index is 0.246. The first kappa shape index (κ1) is 17.6. The van der Waals surface area contributed by atoms with E-state index in [9.17, 15) is 4.79 Å². The van der Waals surface area contributed by atoms with Crippen LogP contribution in [0.1, 0.15) is 43.7 Å². The number of para-hydroxylation sites is 2. The maximum Gasteiger partial charge on any atom is 0.224 e. The molecule has 5 heteroatoms. The van der Waals surface area contributed by atoms with Crippen LogP contribution < -0.4 is 0 Å². The molecular weight excluding hydrogens is 338 g/mol. The molecule has 1 aliphatic rings. The van der Waals surface area contributed by atoms with Gasteiger partial charge in [0.15, 0.2) is 0 Å². The van der Waals surface area contributed by atoms with Gasteiger partial charge in [-0.1, -0.05) is 25.0 Å². The van der Waals surface area contributed by atoms with Crippen molar-refractivity contribution in [1.29, 1.82) is 0 Å². The highest BCUT2D eigenvalue weighted by Crippen LogP contribution is 2.19. The molecule has 0 saturated carbocycles. The molecule has 1 fully saturated rings. The number of carbonyl (C=O) groups excluding carboxylic acids is 1. The summed E-state index contributed by atoms with van der Waals surface area (Å²) < 4.78 is 7.50. The van der Waals surface area contributed by atoms with Gasteiger partial charge in [0.05, 0.1) is 17.3 Å². The number of hydrogen-bond acceptors (Lipinski definition) is 3. The number of furan rings is 1. The number of nitrogens with zero attached hydrogens (tertiary/aromatic N) is 3. The summed E-state index contributed by atoms with van der Waals surface area (Å²) in [7, 11) is 0. The van der Waals surface area contributed by atoms with Gasteiger partial charge in [-0.3, -0.25) is 4.79 Å². The van der Waals surface area contributed by atoms with Crippen molar-refractivity contribution >= 4 is 29.1 Å². The maximum atomic E-state index is 12.7. The topological polar surface area (TPSA) is 51.3 Å². The summed E-state index contributed by atoms with van der Waals surface area (Å²) >= 11 is 0. The third-order valence-electron chi connectivity index (χ3n) is 5.13. The fourth-order valence-electron chi connectivity index (χ4n) is 3.68. The summed E-state index contributed by atoms with van der Waals surface area (Å²) in [5.41, 5.74) is 2.00. The number of carbonyl (C=O) groups is 1. The van der Waals surface area contributed by atoms with Gasteiger partial charge in [-0.2, -0.15) is 0 Å². The molecule has 1 aliphatic heterocycles. The summed E-state index contributed by atoms with van der Waals surface area (Å²) in [6.45, 7) is 2.43. The van der Waals surface area contributed by atoms with Crippen LogP contribution in [0.15, 0.2) is 47.1 Å². The number of rotatable bonds is 5. The molecule has 1 aromatic carbocycles. The summed E-state index contributed by atoms with van der Waals surface area (Å²) in [4.78, 5) is 19.5. The predicted molar refractivity (Wildman–Crippen MR) is 107 cm³/mol. The fraction of sp³-hybridized carbons (Fsp3) is 0.364. The van der Waals surface area contributed by atoms with Crippen molar-refractivity contribution in [3.05, 3.63) is 54.2 Å². The standard InChI is InChI=1S/C22H25N3O2/c26-22(24-14-5-1-2-6-15-24)13-16-25-20-10-4-3-9-19(20)23-21(25)12-11-18-8-7-17-27-18/h3-4,7-12,17H,1-2,5-6,13-16H2/b12-11+. The Morgan fingerprint density at radius 1 is 1.04 bits per heavy atom. The number of likely N-dealkylation sites (tertiary alicyclic amines) is 1. The van der Waals surface area contributed by atoms with Gasteiger partial charge in [0.1, 0.15) is 11.6 Å². The molecule has 0 N–H and O–H groups in total. The minimum atomic E-state index is 0.246. The molecular formula is C22H25N3O2. The number of imidazole rings is 1. The molecule has 0 spiro atoms. The van der Waals surface area contributed by atoms with Gasteiger partial charge in [-0.05, 0) is 49.3 Å². The van der Waals surface area contributed by atoms with E-state index >= 15 is 0 Å². The van der Waals surface area contributed by atoms with E-state index in [1.165, 1.54) is 12.8 Å². The van der Waals surface area contributed by atoms with Crippen molar-refractivity contribution in [2.24, 2.45) is 0 Å². The first-order valence-corrected chi connectivity index (χ1v) is 9.76. The Kier molecular flexibility index (Phi) is 5.37. The zero-order chi connectivity index (χ0) is 18.5. The second-order valence-electron chi connectivity index (χ2n) is 7.00. The first-order chi connectivity index (χ1) is 13.3. The zero-order valence-corrected chi connectivity index (χ0v) is 15.5. The highest BCUT2D eigenvalue weighted by atomic mass is 16.3. The molecule has 3 heterocycles. The molecule has 0 aliphatic carbocycles. The molecule has 27 heavy (non-hydrogen) atoms. The predicted octanol–water partition coefficient (Wildman–Crippen LogP) is 4.59. The van der Waals surface area contributed by atoms with Crippen molar-refractivity contribution in [3.8, 4) is 0 Å². The fourth-order valence-corrected chi connectivity index (χ4v) is 3.68. The third kappa shape index (κ3) is 4.13. The Bertz CT molecular complexity index is 916. The van der Waals surface area contributed by atoms with Gasteiger partial charge in [0.2, 0.25) is 5.91 Å². The van der Waals surface area contributed by atoms with E-state index in [1.807, 2.05) is 47.4 Å². The Hall–Kier alpha value is -2.82. The summed E-state index contributed by atoms with van der Waals surface area (Å²) in [6, 6.07) is 11.8. The molecule has 1 saturated heterocycles. The van der Waals surface area contributed by atoms with E-state index in [2.05, 4.69) is 10.6 Å². The van der Waals surface area contributed by atoms with Crippen LogP contribution in [0.5, 0.6) is 0 Å². The Morgan fingerprint density at radius 2 is 1.85 bits per heavy atom. The van der Waals surface area contributed by atoms with Crippen LogP contribution in [-0.4, -0.2) is 33.4 Å². The van der Waals surface area contributed by atoms with Crippen LogP contribution in [-0.2, 0) is 11.3 Å². The maximum absolute atomic E-state index is 12.7. The van der Waals surface area contributed by atoms with E-state index in [-0.39, 0.29) is 5.91 Å². The lowest BCUT2D eigenvalue weighted by molar-refractivity contribution is -0.131. The van der Waals surface area contributed by atoms with Crippen LogP contribution in [0, 0.1) is 0 Å². The average Bonchev–Trinajstić information content (AvgIpc) is 3.24. The van der Waals surface area contributed by atoms with E-state index in [0.29, 0.717) is 13.0 Å². The second kappa shape index (κ2) is 8.25. The number of fused-ring (bicyclic) bond motifs is 1. The van der Waals surface area contributed by atoms with Gasteiger partial charge in [-0.15, -0.1) is 0 Å². The third-order valence-corrected chi connectivity index (χ3v) is 5.13. The largest absolute Gasteiger partial charge is 0.465 e. The molecule has 140 valence electrons. The van der Waals surface area contributed by atoms with Gasteiger partial charge >= 0.3 is 0 Å². The smallest absolute Gasteiger partial charge is 0.224 e. The first-order valence-electron chi connectivity index (χ1n) is 9.76. The molecule has 0 radical (unpaired) electrons. The molecule has 5 nitrogen and oxygen atoms in total. The Labute approximate surface area is 159 Å². The number of aromatic nitrogens is 2. The van der Waals surface area contributed by atoms with E-state index in [0.717, 1.165) is 48.5 Å². The van der Waals surface area contributed by atoms with Crippen molar-refractivity contribution < 1.29 is 9.21 Å². The van der Waals surface area contributed by atoms with Gasteiger partial charge in [0, 0.05) is 26.1 Å². The monoisotopic (exact) mass is 363 g/mol. The second-order valence-corrected chi connectivity index (χ2v) is 7.00. The van der Waals surface area contributed by atoms with E-state index < -0.39 is 0 Å². The van der Waals surface area contributed by atoms with E-state index in [1.54, 1.807) is 6.26 Å². The normalized spacial score (nSPS) is 15.5. The van der Waals surface area contributed by atoms with Gasteiger partial charge < -0.3 is 13.9 Å². The van der Waals surface area contributed by atoms with Crippen LogP contribution >= 0.6 is 0 Å². The quantitative estimate of drug-likeness (QED) is 0.666. The van der Waals surface area contributed by atoms with Crippen molar-refractivity contribution in [2.45, 2.75) is 38.6 Å². The molecule has 0 atom stereocenters. The molecule has 4 rings (SSSR count).